The molecule has 114 valence electrons. The average molecular weight is 284 g/mol. The van der Waals surface area contributed by atoms with Crippen LogP contribution in [0.15, 0.2) is 23.3 Å². The second-order valence-electron chi connectivity index (χ2n) is 8.08. The summed E-state index contributed by atoms with van der Waals surface area (Å²) in [5.74, 6) is 3.82. The van der Waals surface area contributed by atoms with Crippen molar-refractivity contribution in [1.82, 2.24) is 0 Å². The normalized spacial score (nSPS) is 45.3. The Morgan fingerprint density at radius 2 is 2.05 bits per heavy atom. The van der Waals surface area contributed by atoms with Crippen molar-refractivity contribution in [2.75, 3.05) is 0 Å². The van der Waals surface area contributed by atoms with Crippen LogP contribution < -0.4 is 0 Å². The predicted molar refractivity (Wildman–Crippen MR) is 85.9 cm³/mol. The van der Waals surface area contributed by atoms with Crippen LogP contribution in [0.5, 0.6) is 0 Å². The Bertz CT molecular complexity index is 526. The first-order chi connectivity index (χ1) is 10.1. The lowest BCUT2D eigenvalue weighted by atomic mass is 9.51. The van der Waals surface area contributed by atoms with Crippen molar-refractivity contribution in [3.05, 3.63) is 23.3 Å². The fraction of sp³-hybridized carbons (Fsp3) is 0.750. The van der Waals surface area contributed by atoms with Crippen LogP contribution in [0.2, 0.25) is 0 Å². The lowest BCUT2D eigenvalue weighted by Crippen LogP contribution is -2.45. The number of allylic oxidation sites excluding steroid dienone is 4. The van der Waals surface area contributed by atoms with E-state index in [9.17, 15) is 4.79 Å². The van der Waals surface area contributed by atoms with Crippen molar-refractivity contribution in [2.24, 2.45) is 29.1 Å². The third-order valence-electron chi connectivity index (χ3n) is 7.42. The van der Waals surface area contributed by atoms with Crippen molar-refractivity contribution < 1.29 is 4.79 Å². The van der Waals surface area contributed by atoms with E-state index in [1.165, 1.54) is 44.1 Å². The Labute approximate surface area is 128 Å². The van der Waals surface area contributed by atoms with Crippen LogP contribution in [-0.4, -0.2) is 5.78 Å². The summed E-state index contributed by atoms with van der Waals surface area (Å²) in [4.78, 5) is 11.7. The molecule has 4 aliphatic rings. The summed E-state index contributed by atoms with van der Waals surface area (Å²) >= 11 is 0. The molecule has 0 heterocycles. The first-order valence-electron chi connectivity index (χ1n) is 9.06. The van der Waals surface area contributed by atoms with Gasteiger partial charge in [-0.15, -0.1) is 0 Å². The fourth-order valence-electron chi connectivity index (χ4n) is 6.38. The third kappa shape index (κ3) is 1.92. The maximum Gasteiger partial charge on any atom is 0.155 e. The molecule has 0 aromatic carbocycles. The highest BCUT2D eigenvalue weighted by Gasteiger charge is 2.52. The Balaban J connectivity index is 1.62. The molecule has 0 aromatic heterocycles. The van der Waals surface area contributed by atoms with Gasteiger partial charge in [-0.2, -0.15) is 0 Å². The zero-order chi connectivity index (χ0) is 14.6. The minimum absolute atomic E-state index is 0.385. The predicted octanol–water partition coefficient (Wildman–Crippen LogP) is 5.07. The SMILES string of the molecule is CCC1=CCC2C3CCC4=CC(=O)CCC4C3CC[C@]12C. The number of carbonyl (C=O) groups is 1. The maximum atomic E-state index is 11.7. The topological polar surface area (TPSA) is 17.1 Å². The van der Waals surface area contributed by atoms with E-state index in [1.54, 1.807) is 5.57 Å². The van der Waals surface area contributed by atoms with Gasteiger partial charge in [0.1, 0.15) is 0 Å². The van der Waals surface area contributed by atoms with Gasteiger partial charge in [-0.1, -0.05) is 31.1 Å². The molecule has 4 aliphatic carbocycles. The van der Waals surface area contributed by atoms with E-state index in [4.69, 9.17) is 0 Å². The number of rotatable bonds is 1. The standard InChI is InChI=1S/C20H28O/c1-3-14-5-9-19-18-7-4-13-12-15(21)6-8-16(13)17(18)10-11-20(14,19)2/h5,12,16-19H,3-4,6-11H2,1-2H3/t16?,17?,18?,19?,20-/m1/s1. The van der Waals surface area contributed by atoms with Gasteiger partial charge in [-0.25, -0.2) is 0 Å². The average Bonchev–Trinajstić information content (AvgIpc) is 2.83. The van der Waals surface area contributed by atoms with Crippen molar-refractivity contribution in [3.8, 4) is 0 Å². The van der Waals surface area contributed by atoms with Gasteiger partial charge in [0.05, 0.1) is 0 Å². The van der Waals surface area contributed by atoms with Crippen LogP contribution in [0, 0.1) is 29.1 Å². The quantitative estimate of drug-likeness (QED) is 0.614. The molecule has 0 aliphatic heterocycles. The summed E-state index contributed by atoms with van der Waals surface area (Å²) in [6.45, 7) is 4.88. The first-order valence-corrected chi connectivity index (χ1v) is 9.06. The van der Waals surface area contributed by atoms with Crippen LogP contribution in [0.1, 0.15) is 65.2 Å². The molecule has 0 radical (unpaired) electrons. The van der Waals surface area contributed by atoms with Crippen molar-refractivity contribution in [3.63, 3.8) is 0 Å². The summed E-state index contributed by atoms with van der Waals surface area (Å²) in [6, 6.07) is 0. The molecule has 1 heteroatoms. The highest BCUT2D eigenvalue weighted by Crippen LogP contribution is 2.62. The monoisotopic (exact) mass is 284 g/mol. The number of hydrogen-bond acceptors (Lipinski definition) is 1. The molecule has 0 bridgehead atoms. The first kappa shape index (κ1) is 13.8. The molecule has 0 saturated heterocycles. The summed E-state index contributed by atoms with van der Waals surface area (Å²) in [7, 11) is 0. The molecule has 4 unspecified atom stereocenters. The van der Waals surface area contributed by atoms with E-state index in [2.05, 4.69) is 19.9 Å². The second kappa shape index (κ2) is 4.83. The molecular formula is C20H28O. The van der Waals surface area contributed by atoms with Crippen LogP contribution in [0.25, 0.3) is 0 Å². The van der Waals surface area contributed by atoms with E-state index < -0.39 is 0 Å². The van der Waals surface area contributed by atoms with Crippen LogP contribution in [-0.2, 0) is 4.79 Å². The zero-order valence-corrected chi connectivity index (χ0v) is 13.5. The smallest absolute Gasteiger partial charge is 0.155 e. The van der Waals surface area contributed by atoms with Crippen molar-refractivity contribution >= 4 is 5.78 Å². The van der Waals surface area contributed by atoms with Crippen molar-refractivity contribution in [1.29, 1.82) is 0 Å². The summed E-state index contributed by atoms with van der Waals surface area (Å²) in [6.07, 6.45) is 14.4. The van der Waals surface area contributed by atoms with Crippen LogP contribution in [0.4, 0.5) is 0 Å². The van der Waals surface area contributed by atoms with Gasteiger partial charge in [-0.3, -0.25) is 4.79 Å². The summed E-state index contributed by atoms with van der Waals surface area (Å²) in [5.41, 5.74) is 3.76. The molecule has 0 aromatic rings. The van der Waals surface area contributed by atoms with Gasteiger partial charge in [-0.05, 0) is 80.1 Å². The van der Waals surface area contributed by atoms with E-state index in [0.717, 1.165) is 36.5 Å². The molecule has 2 fully saturated rings. The van der Waals surface area contributed by atoms with E-state index >= 15 is 0 Å². The Hall–Kier alpha value is -0.850. The summed E-state index contributed by atoms with van der Waals surface area (Å²) < 4.78 is 0. The van der Waals surface area contributed by atoms with E-state index in [1.807, 2.05) is 6.08 Å². The number of ketones is 1. The highest BCUT2D eigenvalue weighted by atomic mass is 16.1. The third-order valence-corrected chi connectivity index (χ3v) is 7.42. The van der Waals surface area contributed by atoms with Gasteiger partial charge in [0.25, 0.3) is 0 Å². The largest absolute Gasteiger partial charge is 0.295 e. The molecule has 21 heavy (non-hydrogen) atoms. The van der Waals surface area contributed by atoms with Crippen LogP contribution >= 0.6 is 0 Å². The minimum Gasteiger partial charge on any atom is -0.295 e. The second-order valence-corrected chi connectivity index (χ2v) is 8.08. The summed E-state index contributed by atoms with van der Waals surface area (Å²) in [5, 5.41) is 0. The molecule has 0 N–H and O–H groups in total. The molecule has 4 rings (SSSR count). The van der Waals surface area contributed by atoms with Crippen LogP contribution in [0.3, 0.4) is 0 Å². The minimum atomic E-state index is 0.385. The Morgan fingerprint density at radius 3 is 2.86 bits per heavy atom. The highest BCUT2D eigenvalue weighted by molar-refractivity contribution is 5.91. The van der Waals surface area contributed by atoms with E-state index in [-0.39, 0.29) is 0 Å². The fourth-order valence-corrected chi connectivity index (χ4v) is 6.38. The van der Waals surface area contributed by atoms with Gasteiger partial charge in [0.2, 0.25) is 0 Å². The number of hydrogen-bond donors (Lipinski definition) is 0. The zero-order valence-electron chi connectivity index (χ0n) is 13.5. The molecule has 0 amide bonds. The molecule has 0 spiro atoms. The van der Waals surface area contributed by atoms with Crippen molar-refractivity contribution in [2.45, 2.75) is 65.2 Å². The molecule has 2 saturated carbocycles. The Morgan fingerprint density at radius 1 is 1.19 bits per heavy atom. The number of carbonyl (C=O) groups excluding carboxylic acids is 1. The number of fused-ring (bicyclic) bond motifs is 5. The molecule has 5 atom stereocenters. The Kier molecular flexibility index (Phi) is 3.17. The lowest BCUT2D eigenvalue weighted by molar-refractivity contribution is -0.116. The van der Waals surface area contributed by atoms with Gasteiger partial charge >= 0.3 is 0 Å². The van der Waals surface area contributed by atoms with E-state index in [0.29, 0.717) is 11.2 Å². The van der Waals surface area contributed by atoms with Gasteiger partial charge in [0, 0.05) is 6.42 Å². The molecule has 1 nitrogen and oxygen atoms in total. The van der Waals surface area contributed by atoms with Gasteiger partial charge < -0.3 is 0 Å². The van der Waals surface area contributed by atoms with Gasteiger partial charge in [0.15, 0.2) is 5.78 Å². The lowest BCUT2D eigenvalue weighted by Gasteiger charge is -2.53. The maximum absolute atomic E-state index is 11.7. The molecular weight excluding hydrogens is 256 g/mol.